The van der Waals surface area contributed by atoms with E-state index in [1.807, 2.05) is 20.8 Å². The van der Waals surface area contributed by atoms with Crippen LogP contribution in [0.4, 0.5) is 0 Å². The first-order valence-corrected chi connectivity index (χ1v) is 3.75. The van der Waals surface area contributed by atoms with Gasteiger partial charge in [0.05, 0.1) is 0 Å². The van der Waals surface area contributed by atoms with E-state index in [0.717, 1.165) is 0 Å². The number of ether oxygens (including phenoxy) is 1. The summed E-state index contributed by atoms with van der Waals surface area (Å²) in [4.78, 5) is 11.1. The second kappa shape index (κ2) is 4.09. The number of esters is 1. The molecular weight excluding hydrogens is 156 g/mol. The number of nitrogens with zero attached hydrogens (tertiary/aromatic N) is 2. The van der Waals surface area contributed by atoms with Gasteiger partial charge >= 0.3 is 5.97 Å². The Kier molecular flexibility index (Phi) is 3.73. The van der Waals surface area contributed by atoms with E-state index in [1.165, 1.54) is 5.01 Å². The van der Waals surface area contributed by atoms with Crippen molar-refractivity contribution in [1.82, 2.24) is 5.01 Å². The van der Waals surface area contributed by atoms with Gasteiger partial charge in [0.15, 0.2) is 0 Å². The Labute approximate surface area is 73.2 Å². The van der Waals surface area contributed by atoms with Gasteiger partial charge in [-0.15, -0.1) is 0 Å². The molecule has 0 aliphatic heterocycles. The van der Waals surface area contributed by atoms with E-state index in [-0.39, 0.29) is 12.5 Å². The largest absolute Gasteiger partial charge is 0.459 e. The summed E-state index contributed by atoms with van der Waals surface area (Å²) in [5, 5.41) is 4.97. The molecule has 0 bridgehead atoms. The van der Waals surface area contributed by atoms with Crippen LogP contribution in [-0.4, -0.2) is 36.9 Å². The van der Waals surface area contributed by atoms with Gasteiger partial charge in [-0.3, -0.25) is 9.80 Å². The van der Waals surface area contributed by atoms with Gasteiger partial charge in [0.2, 0.25) is 0 Å². The van der Waals surface area contributed by atoms with E-state index in [9.17, 15) is 4.79 Å². The molecule has 0 amide bonds. The lowest BCUT2D eigenvalue weighted by molar-refractivity contribution is -0.155. The maximum atomic E-state index is 11.1. The lowest BCUT2D eigenvalue weighted by Crippen LogP contribution is -2.30. The van der Waals surface area contributed by atoms with E-state index in [4.69, 9.17) is 4.74 Å². The molecule has 0 aromatic carbocycles. The highest BCUT2D eigenvalue weighted by atomic mass is 16.6. The minimum Gasteiger partial charge on any atom is -0.459 e. The first-order valence-electron chi connectivity index (χ1n) is 3.75. The number of hydrazone groups is 1. The zero-order chi connectivity index (χ0) is 9.78. The first kappa shape index (κ1) is 10.9. The van der Waals surface area contributed by atoms with Crippen molar-refractivity contribution in [3.8, 4) is 0 Å². The molecule has 0 aromatic heterocycles. The van der Waals surface area contributed by atoms with Gasteiger partial charge < -0.3 is 4.74 Å². The average molecular weight is 172 g/mol. The fourth-order valence-corrected chi connectivity index (χ4v) is 0.611. The zero-order valence-electron chi connectivity index (χ0n) is 8.13. The highest BCUT2D eigenvalue weighted by molar-refractivity contribution is 5.72. The van der Waals surface area contributed by atoms with Crippen molar-refractivity contribution in [1.29, 1.82) is 0 Å². The Hall–Kier alpha value is -1.06. The number of carbonyl (C=O) groups is 1. The van der Waals surface area contributed by atoms with Crippen molar-refractivity contribution in [2.75, 3.05) is 13.6 Å². The van der Waals surface area contributed by atoms with Gasteiger partial charge in [-0.2, -0.15) is 5.10 Å². The molecule has 0 spiro atoms. The number of hydrogen-bond acceptors (Lipinski definition) is 4. The van der Waals surface area contributed by atoms with Gasteiger partial charge in [0.25, 0.3) is 0 Å². The Balaban J connectivity index is 3.82. The van der Waals surface area contributed by atoms with Crippen LogP contribution in [0.2, 0.25) is 0 Å². The molecule has 0 radical (unpaired) electrons. The molecule has 0 saturated heterocycles. The summed E-state index contributed by atoms with van der Waals surface area (Å²) < 4.78 is 5.04. The molecule has 12 heavy (non-hydrogen) atoms. The molecule has 0 heterocycles. The number of rotatable bonds is 3. The van der Waals surface area contributed by atoms with Crippen LogP contribution < -0.4 is 0 Å². The van der Waals surface area contributed by atoms with Crippen LogP contribution in [0.1, 0.15) is 20.8 Å². The normalized spacial score (nSPS) is 10.7. The van der Waals surface area contributed by atoms with Crippen molar-refractivity contribution in [3.63, 3.8) is 0 Å². The lowest BCUT2D eigenvalue weighted by Gasteiger charge is -2.21. The number of hydrogen-bond donors (Lipinski definition) is 0. The average Bonchev–Trinajstić information content (AvgIpc) is 1.82. The van der Waals surface area contributed by atoms with Crippen LogP contribution >= 0.6 is 0 Å². The van der Waals surface area contributed by atoms with Crippen molar-refractivity contribution in [3.05, 3.63) is 0 Å². The Morgan fingerprint density at radius 2 is 2.08 bits per heavy atom. The molecule has 0 aliphatic carbocycles. The van der Waals surface area contributed by atoms with Gasteiger partial charge in [-0.1, -0.05) is 0 Å². The molecule has 0 N–H and O–H groups in total. The van der Waals surface area contributed by atoms with E-state index < -0.39 is 5.60 Å². The number of likely N-dealkylation sites (N-methyl/N-ethyl adjacent to an activating group) is 1. The first-order chi connectivity index (χ1) is 5.35. The molecule has 0 atom stereocenters. The fourth-order valence-electron chi connectivity index (χ4n) is 0.611. The minimum atomic E-state index is -0.431. The van der Waals surface area contributed by atoms with E-state index in [1.54, 1.807) is 7.05 Å². The van der Waals surface area contributed by atoms with Crippen LogP contribution in [0.15, 0.2) is 5.10 Å². The second-order valence-electron chi connectivity index (χ2n) is 3.54. The van der Waals surface area contributed by atoms with Gasteiger partial charge in [-0.05, 0) is 20.8 Å². The Morgan fingerprint density at radius 1 is 1.58 bits per heavy atom. The molecule has 0 rings (SSSR count). The third-order valence-electron chi connectivity index (χ3n) is 1.02. The van der Waals surface area contributed by atoms with Crippen molar-refractivity contribution in [2.24, 2.45) is 5.10 Å². The smallest absolute Gasteiger partial charge is 0.327 e. The molecule has 0 aromatic rings. The molecule has 0 aliphatic rings. The van der Waals surface area contributed by atoms with Crippen LogP contribution in [0.25, 0.3) is 0 Å². The second-order valence-corrected chi connectivity index (χ2v) is 3.54. The summed E-state index contributed by atoms with van der Waals surface area (Å²) in [6.07, 6.45) is 0. The van der Waals surface area contributed by atoms with Gasteiger partial charge in [0.1, 0.15) is 12.1 Å². The van der Waals surface area contributed by atoms with Crippen molar-refractivity contribution in [2.45, 2.75) is 26.4 Å². The van der Waals surface area contributed by atoms with Gasteiger partial charge in [-0.25, -0.2) is 0 Å². The molecule has 70 valence electrons. The summed E-state index contributed by atoms with van der Waals surface area (Å²) >= 11 is 0. The molecule has 0 unspecified atom stereocenters. The highest BCUT2D eigenvalue weighted by Crippen LogP contribution is 2.06. The monoisotopic (exact) mass is 172 g/mol. The predicted molar refractivity (Wildman–Crippen MR) is 48.0 cm³/mol. The summed E-state index contributed by atoms with van der Waals surface area (Å²) in [6, 6.07) is 0. The zero-order valence-corrected chi connectivity index (χ0v) is 8.13. The summed E-state index contributed by atoms with van der Waals surface area (Å²) in [6.45, 7) is 8.89. The van der Waals surface area contributed by atoms with E-state index >= 15 is 0 Å². The number of carbonyl (C=O) groups excluding carboxylic acids is 1. The van der Waals surface area contributed by atoms with Crippen LogP contribution in [0.5, 0.6) is 0 Å². The maximum Gasteiger partial charge on any atom is 0.327 e. The van der Waals surface area contributed by atoms with Crippen LogP contribution in [-0.2, 0) is 9.53 Å². The third-order valence-corrected chi connectivity index (χ3v) is 1.02. The third kappa shape index (κ3) is 5.70. The molecule has 4 nitrogen and oxygen atoms in total. The highest BCUT2D eigenvalue weighted by Gasteiger charge is 2.16. The lowest BCUT2D eigenvalue weighted by atomic mass is 10.2. The summed E-state index contributed by atoms with van der Waals surface area (Å²) in [5.41, 5.74) is -0.431. The molecular formula is C8H16N2O2. The van der Waals surface area contributed by atoms with E-state index in [2.05, 4.69) is 11.8 Å². The van der Waals surface area contributed by atoms with E-state index in [0.29, 0.717) is 0 Å². The molecule has 4 heteroatoms. The van der Waals surface area contributed by atoms with Gasteiger partial charge in [0, 0.05) is 13.8 Å². The summed E-state index contributed by atoms with van der Waals surface area (Å²) in [5.74, 6) is -0.294. The van der Waals surface area contributed by atoms with Crippen LogP contribution in [0, 0.1) is 0 Å². The quantitative estimate of drug-likeness (QED) is 0.360. The Bertz CT molecular complexity index is 172. The van der Waals surface area contributed by atoms with Crippen molar-refractivity contribution >= 4 is 12.7 Å². The van der Waals surface area contributed by atoms with Crippen LogP contribution in [0.3, 0.4) is 0 Å². The summed E-state index contributed by atoms with van der Waals surface area (Å²) in [7, 11) is 1.66. The SMILES string of the molecule is C=NN(C)CC(=O)OC(C)(C)C. The standard InChI is InChI=1S/C8H16N2O2/c1-8(2,3)12-7(11)6-10(5)9-4/h4,6H2,1-3,5H3. The topological polar surface area (TPSA) is 41.9 Å². The van der Waals surface area contributed by atoms with Crippen molar-refractivity contribution < 1.29 is 9.53 Å². The molecule has 0 fully saturated rings. The fraction of sp³-hybridized carbons (Fsp3) is 0.750. The minimum absolute atomic E-state index is 0.140. The maximum absolute atomic E-state index is 11.1. The predicted octanol–water partition coefficient (Wildman–Crippen LogP) is 0.875. The molecule has 0 saturated carbocycles. The Morgan fingerprint density at radius 3 is 2.42 bits per heavy atom.